The van der Waals surface area contributed by atoms with Crippen LogP contribution in [0, 0.1) is 0 Å². The Labute approximate surface area is 98.2 Å². The van der Waals surface area contributed by atoms with Crippen LogP contribution in [0.2, 0.25) is 0 Å². The highest BCUT2D eigenvalue weighted by molar-refractivity contribution is 5.95. The molecule has 0 radical (unpaired) electrons. The molecule has 17 heavy (non-hydrogen) atoms. The number of ether oxygens (including phenoxy) is 2. The first-order valence-electron chi connectivity index (χ1n) is 4.98. The van der Waals surface area contributed by atoms with Gasteiger partial charge in [-0.25, -0.2) is 9.78 Å². The summed E-state index contributed by atoms with van der Waals surface area (Å²) in [5.41, 5.74) is 7.16. The molecule has 0 saturated heterocycles. The summed E-state index contributed by atoms with van der Waals surface area (Å²) < 4.78 is 9.84. The van der Waals surface area contributed by atoms with Gasteiger partial charge in [-0.15, -0.1) is 0 Å². The normalized spacial score (nSPS) is 10.2. The molecule has 0 spiro atoms. The minimum Gasteiger partial charge on any atom is -0.496 e. The first kappa shape index (κ1) is 11.2. The molecule has 0 aliphatic heterocycles. The Morgan fingerprint density at radius 2 is 2.06 bits per heavy atom. The number of methoxy groups -OCH3 is 2. The second-order valence-electron chi connectivity index (χ2n) is 3.48. The summed E-state index contributed by atoms with van der Waals surface area (Å²) in [6.45, 7) is 0. The predicted octanol–water partition coefficient (Wildman–Crippen LogP) is 1.61. The maximum absolute atomic E-state index is 11.4. The van der Waals surface area contributed by atoms with Crippen molar-refractivity contribution in [3.63, 3.8) is 0 Å². The van der Waals surface area contributed by atoms with E-state index in [1.807, 2.05) is 0 Å². The number of aromatic nitrogens is 1. The number of nitrogen functional groups attached to an aromatic ring is 1. The van der Waals surface area contributed by atoms with E-state index in [1.54, 1.807) is 18.2 Å². The summed E-state index contributed by atoms with van der Waals surface area (Å²) in [5.74, 6) is 0.0460. The van der Waals surface area contributed by atoms with Gasteiger partial charge in [0.2, 0.25) is 0 Å². The number of hydrogen-bond acceptors (Lipinski definition) is 5. The second-order valence-corrected chi connectivity index (χ2v) is 3.48. The fourth-order valence-electron chi connectivity index (χ4n) is 1.59. The lowest BCUT2D eigenvalue weighted by atomic mass is 10.1. The Bertz CT molecular complexity index is 581. The fraction of sp³-hybridized carbons (Fsp3) is 0.167. The Balaban J connectivity index is 2.70. The van der Waals surface area contributed by atoms with Gasteiger partial charge in [0, 0.05) is 17.1 Å². The lowest BCUT2D eigenvalue weighted by Gasteiger charge is -2.08. The van der Waals surface area contributed by atoms with E-state index in [0.717, 1.165) is 5.39 Å². The van der Waals surface area contributed by atoms with Crippen molar-refractivity contribution < 1.29 is 14.3 Å². The number of nitrogens with two attached hydrogens (primary N) is 1. The molecule has 0 saturated carbocycles. The molecular formula is C12H12N2O3. The Morgan fingerprint density at radius 3 is 2.71 bits per heavy atom. The van der Waals surface area contributed by atoms with Crippen molar-refractivity contribution in [2.24, 2.45) is 0 Å². The molecule has 1 aromatic heterocycles. The van der Waals surface area contributed by atoms with Crippen LogP contribution in [0.1, 0.15) is 10.5 Å². The highest BCUT2D eigenvalue weighted by Gasteiger charge is 2.12. The third-order valence-corrected chi connectivity index (χ3v) is 2.41. The highest BCUT2D eigenvalue weighted by atomic mass is 16.5. The van der Waals surface area contributed by atoms with Crippen molar-refractivity contribution in [1.82, 2.24) is 4.98 Å². The van der Waals surface area contributed by atoms with Gasteiger partial charge in [-0.05, 0) is 18.2 Å². The van der Waals surface area contributed by atoms with E-state index >= 15 is 0 Å². The summed E-state index contributed by atoms with van der Waals surface area (Å²) in [5, 5.41) is 0.764. The zero-order valence-corrected chi connectivity index (χ0v) is 9.56. The molecule has 2 aromatic rings. The lowest BCUT2D eigenvalue weighted by molar-refractivity contribution is 0.0594. The first-order valence-corrected chi connectivity index (χ1v) is 4.98. The average Bonchev–Trinajstić information content (AvgIpc) is 2.36. The van der Waals surface area contributed by atoms with Gasteiger partial charge in [0.05, 0.1) is 19.7 Å². The van der Waals surface area contributed by atoms with Gasteiger partial charge in [-0.3, -0.25) is 0 Å². The van der Waals surface area contributed by atoms with E-state index in [2.05, 4.69) is 9.72 Å². The van der Waals surface area contributed by atoms with Gasteiger partial charge in [-0.1, -0.05) is 0 Å². The molecule has 1 aromatic carbocycles. The Hall–Kier alpha value is -2.30. The van der Waals surface area contributed by atoms with Crippen LogP contribution in [0.5, 0.6) is 5.75 Å². The summed E-state index contributed by atoms with van der Waals surface area (Å²) in [6, 6.07) is 6.74. The van der Waals surface area contributed by atoms with Crippen LogP contribution in [-0.2, 0) is 4.74 Å². The van der Waals surface area contributed by atoms with Crippen LogP contribution in [0.15, 0.2) is 24.3 Å². The molecule has 2 rings (SSSR count). The SMILES string of the molecule is COC(=O)c1cc(OC)c2cc(N)ccc2n1. The number of carbonyl (C=O) groups excluding carboxylic acids is 1. The quantitative estimate of drug-likeness (QED) is 0.629. The molecule has 5 heteroatoms. The van der Waals surface area contributed by atoms with Crippen LogP contribution in [-0.4, -0.2) is 25.2 Å². The minimum absolute atomic E-state index is 0.210. The van der Waals surface area contributed by atoms with Crippen molar-refractivity contribution in [3.05, 3.63) is 30.0 Å². The third-order valence-electron chi connectivity index (χ3n) is 2.41. The van der Waals surface area contributed by atoms with Crippen LogP contribution >= 0.6 is 0 Å². The monoisotopic (exact) mass is 232 g/mol. The van der Waals surface area contributed by atoms with Crippen molar-refractivity contribution in [1.29, 1.82) is 0 Å². The molecule has 0 atom stereocenters. The molecule has 0 bridgehead atoms. The summed E-state index contributed by atoms with van der Waals surface area (Å²) in [4.78, 5) is 15.6. The van der Waals surface area contributed by atoms with Crippen molar-refractivity contribution in [2.45, 2.75) is 0 Å². The lowest BCUT2D eigenvalue weighted by Crippen LogP contribution is -2.05. The number of rotatable bonds is 2. The number of nitrogens with zero attached hydrogens (tertiary/aromatic N) is 1. The number of carbonyl (C=O) groups is 1. The fourth-order valence-corrected chi connectivity index (χ4v) is 1.59. The van der Waals surface area contributed by atoms with E-state index in [9.17, 15) is 4.79 Å². The van der Waals surface area contributed by atoms with Gasteiger partial charge in [0.1, 0.15) is 5.75 Å². The molecular weight excluding hydrogens is 220 g/mol. The molecule has 1 heterocycles. The third kappa shape index (κ3) is 1.99. The topological polar surface area (TPSA) is 74.4 Å². The molecule has 0 fully saturated rings. The number of pyridine rings is 1. The molecule has 0 unspecified atom stereocenters. The molecule has 0 aliphatic carbocycles. The maximum Gasteiger partial charge on any atom is 0.356 e. The Kier molecular flexibility index (Phi) is 2.82. The van der Waals surface area contributed by atoms with Gasteiger partial charge in [0.15, 0.2) is 5.69 Å². The van der Waals surface area contributed by atoms with E-state index in [0.29, 0.717) is 17.0 Å². The summed E-state index contributed by atoms with van der Waals surface area (Å²) in [6.07, 6.45) is 0. The van der Waals surface area contributed by atoms with E-state index in [4.69, 9.17) is 10.5 Å². The van der Waals surface area contributed by atoms with Crippen LogP contribution < -0.4 is 10.5 Å². The standard InChI is InChI=1S/C12H12N2O3/c1-16-11-6-10(12(15)17-2)14-9-4-3-7(13)5-8(9)11/h3-6H,13H2,1-2H3. The molecule has 88 valence electrons. The van der Waals surface area contributed by atoms with Gasteiger partial charge >= 0.3 is 5.97 Å². The average molecular weight is 232 g/mol. The molecule has 2 N–H and O–H groups in total. The number of esters is 1. The molecule has 0 aliphatic rings. The molecule has 0 amide bonds. The van der Waals surface area contributed by atoms with Crippen LogP contribution in [0.3, 0.4) is 0 Å². The maximum atomic E-state index is 11.4. The summed E-state index contributed by atoms with van der Waals surface area (Å²) >= 11 is 0. The minimum atomic E-state index is -0.498. The van der Waals surface area contributed by atoms with E-state index in [1.165, 1.54) is 20.3 Å². The van der Waals surface area contributed by atoms with Gasteiger partial charge < -0.3 is 15.2 Å². The number of fused-ring (bicyclic) bond motifs is 1. The zero-order valence-electron chi connectivity index (χ0n) is 9.56. The number of benzene rings is 1. The largest absolute Gasteiger partial charge is 0.496 e. The van der Waals surface area contributed by atoms with Gasteiger partial charge in [-0.2, -0.15) is 0 Å². The number of hydrogen-bond donors (Lipinski definition) is 1. The smallest absolute Gasteiger partial charge is 0.356 e. The first-order chi connectivity index (χ1) is 8.15. The summed E-state index contributed by atoms with van der Waals surface area (Å²) in [7, 11) is 2.84. The predicted molar refractivity (Wildman–Crippen MR) is 64.0 cm³/mol. The van der Waals surface area contributed by atoms with E-state index in [-0.39, 0.29) is 5.69 Å². The Morgan fingerprint density at radius 1 is 1.29 bits per heavy atom. The van der Waals surface area contributed by atoms with Crippen LogP contribution in [0.4, 0.5) is 5.69 Å². The highest BCUT2D eigenvalue weighted by Crippen LogP contribution is 2.27. The second kappa shape index (κ2) is 4.29. The zero-order chi connectivity index (χ0) is 12.4. The molecule has 5 nitrogen and oxygen atoms in total. The van der Waals surface area contributed by atoms with Crippen molar-refractivity contribution in [3.8, 4) is 5.75 Å². The van der Waals surface area contributed by atoms with Gasteiger partial charge in [0.25, 0.3) is 0 Å². The number of anilines is 1. The van der Waals surface area contributed by atoms with E-state index < -0.39 is 5.97 Å². The van der Waals surface area contributed by atoms with Crippen molar-refractivity contribution >= 4 is 22.6 Å². The van der Waals surface area contributed by atoms with Crippen molar-refractivity contribution in [2.75, 3.05) is 20.0 Å². The van der Waals surface area contributed by atoms with Crippen LogP contribution in [0.25, 0.3) is 10.9 Å².